The highest BCUT2D eigenvalue weighted by atomic mass is 35.5. The topological polar surface area (TPSA) is 12.0 Å². The normalized spacial score (nSPS) is 12.6. The van der Waals surface area contributed by atoms with E-state index in [1.807, 2.05) is 17.4 Å². The maximum Gasteiger partial charge on any atom is 0.0438 e. The number of rotatable bonds is 7. The highest BCUT2D eigenvalue weighted by molar-refractivity contribution is 7.11. The first kappa shape index (κ1) is 16.5. The fourth-order valence-corrected chi connectivity index (χ4v) is 3.72. The van der Waals surface area contributed by atoms with Gasteiger partial charge in [0.25, 0.3) is 0 Å². The van der Waals surface area contributed by atoms with E-state index < -0.39 is 0 Å². The minimum atomic E-state index is 0.340. The third kappa shape index (κ3) is 4.32. The van der Waals surface area contributed by atoms with E-state index in [2.05, 4.69) is 50.4 Å². The highest BCUT2D eigenvalue weighted by Crippen LogP contribution is 2.29. The first-order valence-electron chi connectivity index (χ1n) is 7.71. The lowest BCUT2D eigenvalue weighted by Crippen LogP contribution is -2.24. The summed E-state index contributed by atoms with van der Waals surface area (Å²) in [7, 11) is 0. The van der Waals surface area contributed by atoms with Crippen LogP contribution < -0.4 is 5.32 Å². The maximum atomic E-state index is 6.30. The van der Waals surface area contributed by atoms with Gasteiger partial charge in [-0.05, 0) is 55.6 Å². The minimum absolute atomic E-state index is 0.340. The Morgan fingerprint density at radius 3 is 2.57 bits per heavy atom. The summed E-state index contributed by atoms with van der Waals surface area (Å²) in [5, 5.41) is 4.54. The second-order valence-corrected chi connectivity index (χ2v) is 7.05. The van der Waals surface area contributed by atoms with Crippen molar-refractivity contribution in [2.24, 2.45) is 0 Å². The molecule has 0 radical (unpaired) electrons. The van der Waals surface area contributed by atoms with Gasteiger partial charge in [-0.2, -0.15) is 0 Å². The smallest absolute Gasteiger partial charge is 0.0438 e. The van der Waals surface area contributed by atoms with Crippen molar-refractivity contribution in [2.75, 3.05) is 6.54 Å². The lowest BCUT2D eigenvalue weighted by molar-refractivity contribution is 0.530. The Kier molecular flexibility index (Phi) is 6.28. The van der Waals surface area contributed by atoms with Crippen molar-refractivity contribution in [1.29, 1.82) is 0 Å². The summed E-state index contributed by atoms with van der Waals surface area (Å²) in [4.78, 5) is 2.90. The highest BCUT2D eigenvalue weighted by Gasteiger charge is 2.16. The molecule has 0 aliphatic rings. The molecule has 0 bridgehead atoms. The van der Waals surface area contributed by atoms with Crippen LogP contribution >= 0.6 is 22.9 Å². The summed E-state index contributed by atoms with van der Waals surface area (Å²) >= 11 is 8.22. The first-order valence-corrected chi connectivity index (χ1v) is 8.91. The number of nitrogens with one attached hydrogen (secondary N) is 1. The quantitative estimate of drug-likeness (QED) is 0.704. The number of thiophene rings is 1. The van der Waals surface area contributed by atoms with E-state index in [-0.39, 0.29) is 0 Å². The van der Waals surface area contributed by atoms with Crippen LogP contribution in [0.5, 0.6) is 0 Å². The van der Waals surface area contributed by atoms with Crippen LogP contribution in [-0.4, -0.2) is 6.54 Å². The summed E-state index contributed by atoms with van der Waals surface area (Å²) in [6, 6.07) is 11.1. The third-order valence-electron chi connectivity index (χ3n) is 3.80. The Labute approximate surface area is 137 Å². The molecule has 1 heterocycles. The van der Waals surface area contributed by atoms with E-state index in [0.29, 0.717) is 6.04 Å². The molecule has 0 saturated carbocycles. The third-order valence-corrected chi connectivity index (χ3v) is 5.46. The fourth-order valence-electron chi connectivity index (χ4n) is 2.54. The van der Waals surface area contributed by atoms with Gasteiger partial charge in [-0.3, -0.25) is 0 Å². The van der Waals surface area contributed by atoms with Gasteiger partial charge in [0.1, 0.15) is 0 Å². The van der Waals surface area contributed by atoms with Crippen LogP contribution in [0.25, 0.3) is 0 Å². The van der Waals surface area contributed by atoms with Crippen LogP contribution in [0.4, 0.5) is 0 Å². The molecule has 0 saturated heterocycles. The van der Waals surface area contributed by atoms with Crippen molar-refractivity contribution in [2.45, 2.75) is 46.1 Å². The number of halogens is 1. The molecule has 0 amide bonds. The van der Waals surface area contributed by atoms with Gasteiger partial charge in [-0.1, -0.05) is 37.6 Å². The molecule has 1 N–H and O–H groups in total. The molecule has 3 heteroatoms. The summed E-state index contributed by atoms with van der Waals surface area (Å²) < 4.78 is 0. The van der Waals surface area contributed by atoms with Gasteiger partial charge in [0.15, 0.2) is 0 Å². The zero-order valence-corrected chi connectivity index (χ0v) is 14.7. The second kappa shape index (κ2) is 7.98. The van der Waals surface area contributed by atoms with Crippen molar-refractivity contribution in [3.05, 3.63) is 56.2 Å². The van der Waals surface area contributed by atoms with Gasteiger partial charge in [0.05, 0.1) is 0 Å². The van der Waals surface area contributed by atoms with Crippen molar-refractivity contribution >= 4 is 22.9 Å². The Balaban J connectivity index is 2.23. The van der Waals surface area contributed by atoms with E-state index in [4.69, 9.17) is 11.6 Å². The zero-order valence-electron chi connectivity index (χ0n) is 13.1. The van der Waals surface area contributed by atoms with Gasteiger partial charge in [0, 0.05) is 27.2 Å². The van der Waals surface area contributed by atoms with Gasteiger partial charge >= 0.3 is 0 Å². The summed E-state index contributed by atoms with van der Waals surface area (Å²) in [5.41, 5.74) is 2.52. The predicted octanol–water partition coefficient (Wildman–Crippen LogP) is 5.56. The molecular weight excluding hydrogens is 298 g/mol. The van der Waals surface area contributed by atoms with Gasteiger partial charge in [-0.15, -0.1) is 11.3 Å². The number of aryl methyl sites for hydroxylation is 1. The number of hydrogen-bond acceptors (Lipinski definition) is 2. The van der Waals surface area contributed by atoms with E-state index in [1.54, 1.807) is 0 Å². The average Bonchev–Trinajstić information content (AvgIpc) is 2.94. The van der Waals surface area contributed by atoms with Crippen LogP contribution in [-0.2, 0) is 12.8 Å². The monoisotopic (exact) mass is 321 g/mol. The molecule has 21 heavy (non-hydrogen) atoms. The lowest BCUT2D eigenvalue weighted by Gasteiger charge is -2.21. The second-order valence-electron chi connectivity index (χ2n) is 5.39. The van der Waals surface area contributed by atoms with Gasteiger partial charge < -0.3 is 5.32 Å². The molecule has 1 nitrogen and oxygen atoms in total. The van der Waals surface area contributed by atoms with Crippen LogP contribution in [0.15, 0.2) is 30.3 Å². The predicted molar refractivity (Wildman–Crippen MR) is 94.6 cm³/mol. The average molecular weight is 322 g/mol. The largest absolute Gasteiger partial charge is 0.310 e. The van der Waals surface area contributed by atoms with Crippen LogP contribution in [0, 0.1) is 6.92 Å². The Morgan fingerprint density at radius 2 is 1.90 bits per heavy atom. The zero-order chi connectivity index (χ0) is 15.2. The molecule has 1 aromatic carbocycles. The molecular formula is C18H24ClNS. The van der Waals surface area contributed by atoms with Crippen molar-refractivity contribution in [3.8, 4) is 0 Å². The van der Waals surface area contributed by atoms with E-state index >= 15 is 0 Å². The Hall–Kier alpha value is -0.830. The van der Waals surface area contributed by atoms with Crippen molar-refractivity contribution < 1.29 is 0 Å². The molecule has 1 unspecified atom stereocenters. The molecule has 0 fully saturated rings. The molecule has 1 atom stereocenters. The van der Waals surface area contributed by atoms with E-state index in [1.165, 1.54) is 20.9 Å². The summed E-state index contributed by atoms with van der Waals surface area (Å²) in [6.45, 7) is 7.56. The molecule has 2 aromatic rings. The Bertz CT molecular complexity index is 576. The molecule has 0 aliphatic heterocycles. The van der Waals surface area contributed by atoms with Crippen molar-refractivity contribution in [3.63, 3.8) is 0 Å². The lowest BCUT2D eigenvalue weighted by atomic mass is 9.98. The van der Waals surface area contributed by atoms with Crippen LogP contribution in [0.2, 0.25) is 5.02 Å². The fraction of sp³-hybridized carbons (Fsp3) is 0.444. The first-order chi connectivity index (χ1) is 10.2. The maximum absolute atomic E-state index is 6.30. The van der Waals surface area contributed by atoms with E-state index in [9.17, 15) is 0 Å². The Morgan fingerprint density at radius 1 is 1.14 bits per heavy atom. The standard InChI is InChI=1S/C18H24ClNS/c1-4-11-20-18(12-15-10-9-14(5-2)21-15)16-7-6-8-17(19)13(16)3/h6-10,18,20H,4-5,11-12H2,1-3H3. The van der Waals surface area contributed by atoms with Gasteiger partial charge in [0.2, 0.25) is 0 Å². The number of hydrogen-bond donors (Lipinski definition) is 1. The molecule has 1 aromatic heterocycles. The van der Waals surface area contributed by atoms with Gasteiger partial charge in [-0.25, -0.2) is 0 Å². The molecule has 0 aliphatic carbocycles. The number of benzene rings is 1. The SMILES string of the molecule is CCCNC(Cc1ccc(CC)s1)c1cccc(Cl)c1C. The summed E-state index contributed by atoms with van der Waals surface area (Å²) in [5.74, 6) is 0. The van der Waals surface area contributed by atoms with Crippen molar-refractivity contribution in [1.82, 2.24) is 5.32 Å². The molecule has 114 valence electrons. The molecule has 2 rings (SSSR count). The van der Waals surface area contributed by atoms with E-state index in [0.717, 1.165) is 30.8 Å². The van der Waals surface area contributed by atoms with Crippen LogP contribution in [0.1, 0.15) is 47.2 Å². The molecule has 0 spiro atoms. The van der Waals surface area contributed by atoms with Crippen LogP contribution in [0.3, 0.4) is 0 Å². The summed E-state index contributed by atoms with van der Waals surface area (Å²) in [6.07, 6.45) is 3.29. The minimum Gasteiger partial charge on any atom is -0.310 e.